The van der Waals surface area contributed by atoms with Crippen LogP contribution in [0.15, 0.2) is 22.7 Å². The first kappa shape index (κ1) is 14.0. The Labute approximate surface area is 121 Å². The zero-order valence-electron chi connectivity index (χ0n) is 10.2. The van der Waals surface area contributed by atoms with Crippen LogP contribution in [0.3, 0.4) is 0 Å². The number of carbonyl (C=O) groups is 1. The zero-order valence-corrected chi connectivity index (χ0v) is 12.6. The summed E-state index contributed by atoms with van der Waals surface area (Å²) >= 11 is 4.31. The summed E-state index contributed by atoms with van der Waals surface area (Å²) in [7, 11) is 1.31. The Morgan fingerprint density at radius 2 is 2.26 bits per heavy atom. The molecule has 1 heterocycles. The summed E-state index contributed by atoms with van der Waals surface area (Å²) in [5.74, 6) is -0.846. The normalized spacial score (nSPS) is 10.3. The van der Waals surface area contributed by atoms with Gasteiger partial charge in [0.2, 0.25) is 0 Å². The molecule has 1 aromatic carbocycles. The van der Waals surface area contributed by atoms with Crippen LogP contribution in [0.2, 0.25) is 0 Å². The van der Waals surface area contributed by atoms with Gasteiger partial charge in [0.1, 0.15) is 10.7 Å². The topological polar surface area (TPSA) is 51.2 Å². The van der Waals surface area contributed by atoms with Crippen LogP contribution in [0.1, 0.15) is 15.4 Å². The molecule has 0 bridgehead atoms. The molecule has 0 amide bonds. The number of nitrogens with zero attached hydrogens (tertiary/aromatic N) is 1. The van der Waals surface area contributed by atoms with Crippen molar-refractivity contribution in [3.63, 3.8) is 0 Å². The van der Waals surface area contributed by atoms with E-state index in [0.717, 1.165) is 11.3 Å². The fourth-order valence-electron chi connectivity index (χ4n) is 1.44. The number of ether oxygens (including phenoxy) is 1. The van der Waals surface area contributed by atoms with Gasteiger partial charge in [0, 0.05) is 4.47 Å². The number of aryl methyl sites for hydroxylation is 1. The highest BCUT2D eigenvalue weighted by molar-refractivity contribution is 9.10. The van der Waals surface area contributed by atoms with E-state index in [2.05, 4.69) is 31.0 Å². The number of nitrogens with one attached hydrogen (secondary N) is 1. The molecule has 2 aromatic rings. The van der Waals surface area contributed by atoms with E-state index in [1.807, 2.05) is 0 Å². The predicted octanol–water partition coefficient (Wildman–Crippen LogP) is 3.88. The average molecular weight is 345 g/mol. The first-order chi connectivity index (χ1) is 9.01. The number of methoxy groups -OCH3 is 1. The van der Waals surface area contributed by atoms with Gasteiger partial charge in [-0.25, -0.2) is 14.2 Å². The van der Waals surface area contributed by atoms with Crippen molar-refractivity contribution in [3.05, 3.63) is 39.1 Å². The maximum atomic E-state index is 13.7. The molecule has 0 unspecified atom stereocenters. The Balaban J connectivity index is 2.26. The minimum atomic E-state index is -0.445. The van der Waals surface area contributed by atoms with Crippen LogP contribution in [-0.4, -0.2) is 18.1 Å². The molecule has 19 heavy (non-hydrogen) atoms. The largest absolute Gasteiger partial charge is 0.465 e. The van der Waals surface area contributed by atoms with E-state index < -0.39 is 11.8 Å². The summed E-state index contributed by atoms with van der Waals surface area (Å²) in [6.07, 6.45) is 0. The summed E-state index contributed by atoms with van der Waals surface area (Å²) in [6, 6.07) is 4.66. The maximum Gasteiger partial charge on any atom is 0.350 e. The van der Waals surface area contributed by atoms with Crippen molar-refractivity contribution in [1.82, 2.24) is 4.98 Å². The number of anilines is 2. The Morgan fingerprint density at radius 1 is 1.53 bits per heavy atom. The van der Waals surface area contributed by atoms with Crippen molar-refractivity contribution in [3.8, 4) is 0 Å². The van der Waals surface area contributed by atoms with Gasteiger partial charge >= 0.3 is 5.97 Å². The van der Waals surface area contributed by atoms with Gasteiger partial charge in [0.25, 0.3) is 0 Å². The average Bonchev–Trinajstić information content (AvgIpc) is 2.73. The van der Waals surface area contributed by atoms with Crippen molar-refractivity contribution < 1.29 is 13.9 Å². The molecule has 0 saturated carbocycles. The number of hydrogen-bond donors (Lipinski definition) is 1. The van der Waals surface area contributed by atoms with Gasteiger partial charge in [0.05, 0.1) is 18.5 Å². The summed E-state index contributed by atoms with van der Waals surface area (Å²) in [4.78, 5) is 16.0. The fraction of sp³-hybridized carbons (Fsp3) is 0.167. The lowest BCUT2D eigenvalue weighted by atomic mass is 10.3. The van der Waals surface area contributed by atoms with E-state index in [9.17, 15) is 9.18 Å². The van der Waals surface area contributed by atoms with Crippen molar-refractivity contribution in [2.75, 3.05) is 12.4 Å². The van der Waals surface area contributed by atoms with Crippen molar-refractivity contribution in [2.45, 2.75) is 6.92 Å². The quantitative estimate of drug-likeness (QED) is 0.858. The van der Waals surface area contributed by atoms with Gasteiger partial charge in [-0.1, -0.05) is 27.3 Å². The van der Waals surface area contributed by atoms with E-state index in [-0.39, 0.29) is 0 Å². The Morgan fingerprint density at radius 3 is 2.89 bits per heavy atom. The second kappa shape index (κ2) is 5.66. The first-order valence-electron chi connectivity index (χ1n) is 5.29. The Kier molecular flexibility index (Phi) is 4.16. The molecule has 0 fully saturated rings. The number of carbonyl (C=O) groups excluding carboxylic acids is 1. The van der Waals surface area contributed by atoms with Gasteiger partial charge in [-0.3, -0.25) is 0 Å². The molecule has 0 spiro atoms. The third-order valence-electron chi connectivity index (χ3n) is 2.34. The van der Waals surface area contributed by atoms with E-state index in [1.54, 1.807) is 19.1 Å². The molecule has 0 aliphatic carbocycles. The summed E-state index contributed by atoms with van der Waals surface area (Å²) in [5, 5.41) is 3.29. The smallest absolute Gasteiger partial charge is 0.350 e. The number of thiazole rings is 1. The molecule has 1 N–H and O–H groups in total. The summed E-state index contributed by atoms with van der Waals surface area (Å²) in [5.41, 5.74) is 0.852. The van der Waals surface area contributed by atoms with E-state index >= 15 is 0 Å². The number of benzene rings is 1. The summed E-state index contributed by atoms with van der Waals surface area (Å²) < 4.78 is 19.0. The Hall–Kier alpha value is -1.47. The standard InChI is InChI=1S/C12H10BrFN2O2S/c1-6-10(11(17)18-2)19-12(15-6)16-9-4-3-7(13)5-8(9)14/h3-5H,1-2H3,(H,15,16). The zero-order chi connectivity index (χ0) is 14.0. The van der Waals surface area contributed by atoms with Gasteiger partial charge in [-0.2, -0.15) is 0 Å². The van der Waals surface area contributed by atoms with E-state index in [0.29, 0.717) is 25.9 Å². The van der Waals surface area contributed by atoms with Crippen LogP contribution in [0.5, 0.6) is 0 Å². The lowest BCUT2D eigenvalue weighted by Crippen LogP contribution is -1.99. The molecule has 0 atom stereocenters. The molecular formula is C12H10BrFN2O2S. The SMILES string of the molecule is COC(=O)c1sc(Nc2ccc(Br)cc2F)nc1C. The van der Waals surface area contributed by atoms with Crippen molar-refractivity contribution in [2.24, 2.45) is 0 Å². The van der Waals surface area contributed by atoms with Crippen molar-refractivity contribution in [1.29, 1.82) is 0 Å². The molecule has 2 rings (SSSR count). The third-order valence-corrected chi connectivity index (χ3v) is 3.89. The molecule has 0 radical (unpaired) electrons. The first-order valence-corrected chi connectivity index (χ1v) is 6.90. The fourth-order valence-corrected chi connectivity index (χ4v) is 2.67. The van der Waals surface area contributed by atoms with E-state index in [4.69, 9.17) is 0 Å². The molecule has 0 aliphatic heterocycles. The highest BCUT2D eigenvalue weighted by Crippen LogP contribution is 2.28. The van der Waals surface area contributed by atoms with Crippen LogP contribution in [0.4, 0.5) is 15.2 Å². The second-order valence-corrected chi connectivity index (χ2v) is 5.59. The minimum absolute atomic E-state index is 0.299. The molecule has 0 saturated heterocycles. The number of rotatable bonds is 3. The highest BCUT2D eigenvalue weighted by atomic mass is 79.9. The number of esters is 1. The number of aromatic nitrogens is 1. The minimum Gasteiger partial charge on any atom is -0.465 e. The highest BCUT2D eigenvalue weighted by Gasteiger charge is 2.16. The lowest BCUT2D eigenvalue weighted by molar-refractivity contribution is 0.0605. The molecule has 0 aliphatic rings. The predicted molar refractivity (Wildman–Crippen MR) is 75.6 cm³/mol. The monoisotopic (exact) mass is 344 g/mol. The molecule has 1 aromatic heterocycles. The molecule has 100 valence electrons. The number of hydrogen-bond acceptors (Lipinski definition) is 5. The molecular weight excluding hydrogens is 335 g/mol. The van der Waals surface area contributed by atoms with Gasteiger partial charge < -0.3 is 10.1 Å². The maximum absolute atomic E-state index is 13.7. The van der Waals surface area contributed by atoms with Gasteiger partial charge in [-0.15, -0.1) is 0 Å². The lowest BCUT2D eigenvalue weighted by Gasteiger charge is -2.03. The molecule has 7 heteroatoms. The van der Waals surface area contributed by atoms with Crippen LogP contribution in [-0.2, 0) is 4.74 Å². The van der Waals surface area contributed by atoms with Crippen LogP contribution in [0.25, 0.3) is 0 Å². The number of halogens is 2. The second-order valence-electron chi connectivity index (χ2n) is 3.67. The van der Waals surface area contributed by atoms with Gasteiger partial charge in [-0.05, 0) is 25.1 Å². The summed E-state index contributed by atoms with van der Waals surface area (Å²) in [6.45, 7) is 1.70. The van der Waals surface area contributed by atoms with Crippen LogP contribution >= 0.6 is 27.3 Å². The van der Waals surface area contributed by atoms with Crippen LogP contribution < -0.4 is 5.32 Å². The molecule has 4 nitrogen and oxygen atoms in total. The van der Waals surface area contributed by atoms with Crippen LogP contribution in [0, 0.1) is 12.7 Å². The van der Waals surface area contributed by atoms with E-state index in [1.165, 1.54) is 13.2 Å². The van der Waals surface area contributed by atoms with Crippen molar-refractivity contribution >= 4 is 44.1 Å². The Bertz CT molecular complexity index is 630. The third kappa shape index (κ3) is 3.10. The van der Waals surface area contributed by atoms with Gasteiger partial charge in [0.15, 0.2) is 5.13 Å².